The van der Waals surface area contributed by atoms with Gasteiger partial charge < -0.3 is 4.74 Å². The number of hydrogen-bond acceptors (Lipinski definition) is 1. The molecule has 0 saturated heterocycles. The van der Waals surface area contributed by atoms with Crippen LogP contribution in [0.2, 0.25) is 10.0 Å². The molecule has 0 aromatic heterocycles. The summed E-state index contributed by atoms with van der Waals surface area (Å²) in [5.41, 5.74) is -3.94. The molecule has 78 valence electrons. The summed E-state index contributed by atoms with van der Waals surface area (Å²) in [6.45, 7) is 0. The third-order valence-electron chi connectivity index (χ3n) is 1.23. The molecule has 0 aliphatic rings. The van der Waals surface area contributed by atoms with Gasteiger partial charge in [0.2, 0.25) is 0 Å². The Hall–Kier alpha value is -0.320. The van der Waals surface area contributed by atoms with Crippen LogP contribution >= 0.6 is 34.8 Å². The predicted octanol–water partition coefficient (Wildman–Crippen LogP) is 4.30. The van der Waals surface area contributed by atoms with E-state index in [2.05, 4.69) is 16.3 Å². The zero-order chi connectivity index (χ0) is 10.9. The van der Waals surface area contributed by atoms with Crippen molar-refractivity contribution in [3.8, 4) is 5.75 Å². The van der Waals surface area contributed by atoms with E-state index in [0.29, 0.717) is 0 Å². The largest absolute Gasteiger partial charge is 0.487 e. The molecule has 0 aliphatic carbocycles. The van der Waals surface area contributed by atoms with Gasteiger partial charge in [-0.05, 0) is 12.1 Å². The smallest absolute Gasteiger partial charge is 0.418 e. The van der Waals surface area contributed by atoms with E-state index < -0.39 is 22.2 Å². The van der Waals surface area contributed by atoms with Crippen molar-refractivity contribution < 1.29 is 17.9 Å². The Bertz CT molecular complexity index is 351. The standard InChI is InChI=1S/C7H2Cl3F3O/c8-3-1-2-4(5(9)6(3)11)14-7(10,12)13/h1-2H. The van der Waals surface area contributed by atoms with Crippen LogP contribution in [0.15, 0.2) is 12.1 Å². The van der Waals surface area contributed by atoms with Crippen LogP contribution in [0.5, 0.6) is 5.75 Å². The molecule has 0 atom stereocenters. The zero-order valence-electron chi connectivity index (χ0n) is 6.33. The van der Waals surface area contributed by atoms with Crippen molar-refractivity contribution in [1.29, 1.82) is 0 Å². The molecule has 14 heavy (non-hydrogen) atoms. The van der Waals surface area contributed by atoms with E-state index in [9.17, 15) is 13.2 Å². The van der Waals surface area contributed by atoms with E-state index in [-0.39, 0.29) is 5.02 Å². The molecule has 0 spiro atoms. The van der Waals surface area contributed by atoms with Gasteiger partial charge in [-0.1, -0.05) is 23.2 Å². The molecule has 0 unspecified atom stereocenters. The van der Waals surface area contributed by atoms with Crippen molar-refractivity contribution >= 4 is 34.8 Å². The van der Waals surface area contributed by atoms with E-state index in [1.165, 1.54) is 0 Å². The average Bonchev–Trinajstić information content (AvgIpc) is 2.04. The van der Waals surface area contributed by atoms with Crippen LogP contribution in [0.3, 0.4) is 0 Å². The number of alkyl halides is 3. The molecule has 0 bridgehead atoms. The topological polar surface area (TPSA) is 9.23 Å². The summed E-state index contributed by atoms with van der Waals surface area (Å²) in [6.07, 6.45) is 0. The zero-order valence-corrected chi connectivity index (χ0v) is 8.60. The lowest BCUT2D eigenvalue weighted by Crippen LogP contribution is -2.16. The Labute approximate surface area is 92.3 Å². The predicted molar refractivity (Wildman–Crippen MR) is 47.8 cm³/mol. The molecule has 0 radical (unpaired) electrons. The maximum atomic E-state index is 12.9. The monoisotopic (exact) mass is 264 g/mol. The Morgan fingerprint density at radius 1 is 1.21 bits per heavy atom. The van der Waals surface area contributed by atoms with Crippen LogP contribution in [0.1, 0.15) is 0 Å². The number of halogens is 6. The third-order valence-corrected chi connectivity index (χ3v) is 1.95. The molecule has 1 rings (SSSR count). The molecule has 0 amide bonds. The van der Waals surface area contributed by atoms with Crippen LogP contribution in [0.4, 0.5) is 13.2 Å². The highest BCUT2D eigenvalue weighted by molar-refractivity contribution is 6.35. The molecule has 0 saturated carbocycles. The van der Waals surface area contributed by atoms with Crippen molar-refractivity contribution in [2.75, 3.05) is 0 Å². The van der Waals surface area contributed by atoms with E-state index in [1.807, 2.05) is 0 Å². The summed E-state index contributed by atoms with van der Waals surface area (Å²) < 4.78 is 41.1. The first-order valence-corrected chi connectivity index (χ1v) is 4.34. The number of benzene rings is 1. The van der Waals surface area contributed by atoms with Gasteiger partial charge in [-0.3, -0.25) is 0 Å². The van der Waals surface area contributed by atoms with Crippen molar-refractivity contribution in [3.63, 3.8) is 0 Å². The maximum Gasteiger partial charge on any atom is 0.487 e. The highest BCUT2D eigenvalue weighted by Crippen LogP contribution is 2.35. The summed E-state index contributed by atoms with van der Waals surface area (Å²) in [5, 5.41) is -0.932. The first-order chi connectivity index (χ1) is 6.31. The van der Waals surface area contributed by atoms with E-state index >= 15 is 0 Å². The van der Waals surface area contributed by atoms with Crippen LogP contribution < -0.4 is 4.74 Å². The lowest BCUT2D eigenvalue weighted by Gasteiger charge is -2.12. The fourth-order valence-electron chi connectivity index (χ4n) is 0.712. The van der Waals surface area contributed by atoms with Gasteiger partial charge in [0.25, 0.3) is 0 Å². The van der Waals surface area contributed by atoms with E-state index in [0.717, 1.165) is 12.1 Å². The average molecular weight is 265 g/mol. The van der Waals surface area contributed by atoms with Crippen LogP contribution in [-0.2, 0) is 0 Å². The number of rotatable bonds is 2. The molecule has 0 N–H and O–H groups in total. The van der Waals surface area contributed by atoms with E-state index in [4.69, 9.17) is 23.2 Å². The molecule has 0 aliphatic heterocycles. The van der Waals surface area contributed by atoms with Gasteiger partial charge in [-0.25, -0.2) is 4.39 Å². The maximum absolute atomic E-state index is 12.9. The van der Waals surface area contributed by atoms with Gasteiger partial charge in [0.05, 0.1) is 5.02 Å². The number of ether oxygens (including phenoxy) is 1. The van der Waals surface area contributed by atoms with Gasteiger partial charge in [0.1, 0.15) is 10.8 Å². The quantitative estimate of drug-likeness (QED) is 0.572. The van der Waals surface area contributed by atoms with Crippen molar-refractivity contribution in [2.24, 2.45) is 0 Å². The third kappa shape index (κ3) is 2.83. The SMILES string of the molecule is Fc1c(Cl)ccc(OC(F)(F)Cl)c1Cl. The van der Waals surface area contributed by atoms with Crippen molar-refractivity contribution in [1.82, 2.24) is 0 Å². The number of hydrogen-bond donors (Lipinski definition) is 0. The normalized spacial score (nSPS) is 11.6. The van der Waals surface area contributed by atoms with Gasteiger partial charge in [-0.2, -0.15) is 0 Å². The second-order valence-electron chi connectivity index (χ2n) is 2.22. The Morgan fingerprint density at radius 3 is 2.29 bits per heavy atom. The Balaban J connectivity index is 3.06. The van der Waals surface area contributed by atoms with Gasteiger partial charge in [0.15, 0.2) is 5.82 Å². The summed E-state index contributed by atoms with van der Waals surface area (Å²) in [6, 6.07) is 2.02. The van der Waals surface area contributed by atoms with Gasteiger partial charge >= 0.3 is 5.57 Å². The lowest BCUT2D eigenvalue weighted by atomic mass is 10.3. The Kier molecular flexibility index (Phi) is 3.40. The first kappa shape index (κ1) is 11.8. The second-order valence-corrected chi connectivity index (χ2v) is 3.45. The van der Waals surface area contributed by atoms with Gasteiger partial charge in [-0.15, -0.1) is 8.78 Å². The lowest BCUT2D eigenvalue weighted by molar-refractivity contribution is -0.0965. The van der Waals surface area contributed by atoms with Crippen LogP contribution in [0, 0.1) is 5.82 Å². The molecule has 1 aromatic rings. The second kappa shape index (κ2) is 4.04. The van der Waals surface area contributed by atoms with Crippen LogP contribution in [-0.4, -0.2) is 5.57 Å². The molecule has 0 fully saturated rings. The minimum absolute atomic E-state index is 0.291. The highest BCUT2D eigenvalue weighted by Gasteiger charge is 2.29. The van der Waals surface area contributed by atoms with E-state index in [1.54, 1.807) is 0 Å². The molecule has 1 nitrogen and oxygen atoms in total. The van der Waals surface area contributed by atoms with Crippen molar-refractivity contribution in [3.05, 3.63) is 28.0 Å². The highest BCUT2D eigenvalue weighted by atomic mass is 35.5. The van der Waals surface area contributed by atoms with Crippen LogP contribution in [0.25, 0.3) is 0 Å². The fourth-order valence-corrected chi connectivity index (χ4v) is 1.20. The molecule has 0 heterocycles. The van der Waals surface area contributed by atoms with Crippen molar-refractivity contribution in [2.45, 2.75) is 5.57 Å². The fraction of sp³-hybridized carbons (Fsp3) is 0.143. The summed E-state index contributed by atoms with van der Waals surface area (Å²) >= 11 is 15.1. The Morgan fingerprint density at radius 2 is 1.79 bits per heavy atom. The minimum Gasteiger partial charge on any atom is -0.418 e. The summed E-state index contributed by atoms with van der Waals surface area (Å²) in [5.74, 6) is -1.61. The van der Waals surface area contributed by atoms with Gasteiger partial charge in [0, 0.05) is 11.6 Å². The molecular weight excluding hydrogens is 263 g/mol. The molecule has 7 heteroatoms. The first-order valence-electron chi connectivity index (χ1n) is 3.20. The summed E-state index contributed by atoms with van der Waals surface area (Å²) in [4.78, 5) is 0. The molecule has 1 aromatic carbocycles. The summed E-state index contributed by atoms with van der Waals surface area (Å²) in [7, 11) is 0. The molecular formula is C7H2Cl3F3O. The minimum atomic E-state index is -3.94.